The van der Waals surface area contributed by atoms with E-state index in [0.29, 0.717) is 90.5 Å². The summed E-state index contributed by atoms with van der Waals surface area (Å²) < 4.78 is 18.5. The molecule has 3 aliphatic heterocycles. The minimum atomic E-state index is -1.91. The number of cyclic esters (lactones) is 1. The topological polar surface area (TPSA) is 198 Å². The molecule has 1 fully saturated rings. The van der Waals surface area contributed by atoms with Gasteiger partial charge in [-0.05, 0) is 77.8 Å². The third kappa shape index (κ3) is 7.79. The molecule has 1 unspecified atom stereocenters. The maximum Gasteiger partial charge on any atom is 0.415 e. The van der Waals surface area contributed by atoms with Gasteiger partial charge in [0.05, 0.1) is 40.1 Å². The molecule has 1 saturated heterocycles. The second-order valence-corrected chi connectivity index (χ2v) is 17.4. The number of pyridine rings is 2. The smallest absolute Gasteiger partial charge is 0.415 e. The Morgan fingerprint density at radius 2 is 1.67 bits per heavy atom. The zero-order chi connectivity index (χ0) is 45.9. The number of ether oxygens (including phenoxy) is 2. The van der Waals surface area contributed by atoms with Crippen molar-refractivity contribution in [2.75, 3.05) is 26.2 Å². The fraction of sp³-hybridized carbons (Fsp3) is 0.373. The van der Waals surface area contributed by atoms with Gasteiger partial charge < -0.3 is 38.8 Å². The molecule has 3 aliphatic rings. The molecular weight excluding hydrogens is 843 g/mol. The molecule has 0 saturated carbocycles. The van der Waals surface area contributed by atoms with Crippen LogP contribution in [0.25, 0.3) is 44.7 Å². The Bertz CT molecular complexity index is 2960. The number of hydrogen-bond donors (Lipinski definition) is 3. The van der Waals surface area contributed by atoms with Crippen molar-refractivity contribution in [3.05, 3.63) is 110 Å². The number of benzene rings is 3. The number of aliphatic hydroxyl groups is 1. The van der Waals surface area contributed by atoms with E-state index in [1.54, 1.807) is 40.7 Å². The first kappa shape index (κ1) is 45.7. The van der Waals surface area contributed by atoms with Gasteiger partial charge in [-0.2, -0.15) is 0 Å². The monoisotopic (exact) mass is 897 g/mol. The van der Waals surface area contributed by atoms with E-state index in [9.17, 15) is 34.5 Å². The summed E-state index contributed by atoms with van der Waals surface area (Å²) in [6, 6.07) is 17.8. The van der Waals surface area contributed by atoms with Crippen molar-refractivity contribution in [3.63, 3.8) is 0 Å². The first-order valence-electron chi connectivity index (χ1n) is 22.2. The summed E-state index contributed by atoms with van der Waals surface area (Å²) >= 11 is 0. The van der Waals surface area contributed by atoms with Crippen LogP contribution in [0, 0.1) is 0 Å². The zero-order valence-electron chi connectivity index (χ0n) is 37.1. The number of piperazine rings is 1. The summed E-state index contributed by atoms with van der Waals surface area (Å²) in [5, 5.41) is 37.6. The molecule has 66 heavy (non-hydrogen) atoms. The highest BCUT2D eigenvalue weighted by molar-refractivity contribution is 6.04. The molecule has 15 heteroatoms. The molecule has 0 bridgehead atoms. The number of ketones is 1. The molecule has 3 aromatic carbocycles. The van der Waals surface area contributed by atoms with Crippen LogP contribution in [-0.4, -0.2) is 83.9 Å². The number of carbonyl (C=O) groups is 3. The zero-order valence-corrected chi connectivity index (χ0v) is 37.1. The van der Waals surface area contributed by atoms with Crippen molar-refractivity contribution < 1.29 is 43.7 Å². The molecule has 3 N–H and O–H groups in total. The molecule has 6 heterocycles. The van der Waals surface area contributed by atoms with E-state index in [1.165, 1.54) is 6.07 Å². The summed E-state index contributed by atoms with van der Waals surface area (Å²) in [5.74, 6) is -0.547. The van der Waals surface area contributed by atoms with Gasteiger partial charge in [0.1, 0.15) is 23.9 Å². The number of phenolic OH excluding ortho intramolecular Hbond substituents is 2. The van der Waals surface area contributed by atoms with Crippen LogP contribution in [-0.2, 0) is 41.2 Å². The summed E-state index contributed by atoms with van der Waals surface area (Å²) in [6.07, 6.45) is 1.14. The van der Waals surface area contributed by atoms with Crippen molar-refractivity contribution >= 4 is 28.7 Å². The van der Waals surface area contributed by atoms with Crippen LogP contribution in [0.1, 0.15) is 111 Å². The lowest BCUT2D eigenvalue weighted by Gasteiger charge is -2.34. The SMILES string of the molecule is C.CCCC(=O)c1noc(-c2cc(C(C)C)c(O)cc2O)c1-c1ccc(CN2CCN(C(=O)Oc3ccc4nc5c(c(CC)c4c3)Cn3c-5cc4c(c3=O)COC(=O)C4(O)CC)CC2)cc1. The molecular formula is C51H55N5O10. The number of rotatable bonds is 11. The number of aromatic hydroxyl groups is 2. The fourth-order valence-corrected chi connectivity index (χ4v) is 9.41. The Hall–Kier alpha value is -6.84. The molecule has 1 atom stereocenters. The second kappa shape index (κ2) is 17.9. The van der Waals surface area contributed by atoms with Gasteiger partial charge in [0.2, 0.25) is 0 Å². The quantitative estimate of drug-likeness (QED) is 0.0827. The number of nitrogens with zero attached hydrogens (tertiary/aromatic N) is 5. The lowest BCUT2D eigenvalue weighted by molar-refractivity contribution is -0.172. The van der Waals surface area contributed by atoms with E-state index >= 15 is 0 Å². The number of fused-ring (bicyclic) bond motifs is 5. The second-order valence-electron chi connectivity index (χ2n) is 17.4. The fourth-order valence-electron chi connectivity index (χ4n) is 9.41. The molecule has 3 aromatic heterocycles. The predicted molar refractivity (Wildman–Crippen MR) is 248 cm³/mol. The normalized spacial score (nSPS) is 16.7. The predicted octanol–water partition coefficient (Wildman–Crippen LogP) is 8.43. The Kier molecular flexibility index (Phi) is 12.4. The number of esters is 1. The average molecular weight is 898 g/mol. The van der Waals surface area contributed by atoms with Crippen molar-refractivity contribution in [1.29, 1.82) is 0 Å². The number of amides is 1. The van der Waals surface area contributed by atoms with Crippen molar-refractivity contribution in [1.82, 2.24) is 24.5 Å². The van der Waals surface area contributed by atoms with Gasteiger partial charge in [0.25, 0.3) is 5.56 Å². The van der Waals surface area contributed by atoms with Crippen molar-refractivity contribution in [2.24, 2.45) is 0 Å². The molecule has 9 rings (SSSR count). The molecule has 0 spiro atoms. The van der Waals surface area contributed by atoms with Gasteiger partial charge in [-0.1, -0.05) is 71.5 Å². The van der Waals surface area contributed by atoms with Gasteiger partial charge >= 0.3 is 12.1 Å². The van der Waals surface area contributed by atoms with Crippen LogP contribution in [0.4, 0.5) is 4.79 Å². The van der Waals surface area contributed by atoms with Gasteiger partial charge in [-0.15, -0.1) is 0 Å². The minimum absolute atomic E-state index is 0. The molecule has 0 aliphatic carbocycles. The van der Waals surface area contributed by atoms with Gasteiger partial charge in [0, 0.05) is 61.7 Å². The van der Waals surface area contributed by atoms with Crippen molar-refractivity contribution in [3.8, 4) is 51.1 Å². The van der Waals surface area contributed by atoms with Gasteiger partial charge in [0.15, 0.2) is 22.8 Å². The number of carbonyl (C=O) groups excluding carboxylic acids is 3. The largest absolute Gasteiger partial charge is 0.508 e. The lowest BCUT2D eigenvalue weighted by Crippen LogP contribution is -2.49. The van der Waals surface area contributed by atoms with E-state index in [0.717, 1.165) is 22.1 Å². The highest BCUT2D eigenvalue weighted by atomic mass is 16.6. The summed E-state index contributed by atoms with van der Waals surface area (Å²) in [7, 11) is 0. The molecule has 15 nitrogen and oxygen atoms in total. The number of Topliss-reactive ketones (excluding diaryl/α,β-unsaturated/α-hetero) is 1. The Morgan fingerprint density at radius 1 is 0.924 bits per heavy atom. The first-order chi connectivity index (χ1) is 31.2. The molecule has 344 valence electrons. The van der Waals surface area contributed by atoms with Crippen LogP contribution in [0.3, 0.4) is 0 Å². The average Bonchev–Trinajstić information content (AvgIpc) is 3.90. The number of phenols is 2. The lowest BCUT2D eigenvalue weighted by atomic mass is 9.86. The van der Waals surface area contributed by atoms with E-state index in [-0.39, 0.29) is 84.8 Å². The summed E-state index contributed by atoms with van der Waals surface area (Å²) in [6.45, 7) is 12.3. The van der Waals surface area contributed by atoms with E-state index in [2.05, 4.69) is 10.1 Å². The van der Waals surface area contributed by atoms with Crippen LogP contribution in [0.5, 0.6) is 17.2 Å². The van der Waals surface area contributed by atoms with E-state index in [1.807, 2.05) is 58.0 Å². The number of aromatic nitrogens is 3. The van der Waals surface area contributed by atoms with Crippen LogP contribution in [0.2, 0.25) is 0 Å². The Labute approximate surface area is 382 Å². The summed E-state index contributed by atoms with van der Waals surface area (Å²) in [4.78, 5) is 62.0. The standard InChI is InChI=1S/C50H51N5O10.CH4/c1-6-9-40(56)45-43(46(65-52-45)34-21-32(27(4)5)41(57)23-42(34)58)29-12-10-28(11-13-29)24-53-16-18-54(19-17-53)49(61)64-30-14-15-38-33(20-30)31(7-2)35-25-55-39(44(35)51-38)22-37-36(47(55)59)26-63-48(60)50(37,62)8-3;/h10-15,20-23,27,57-58,62H,6-9,16-19,24-26H2,1-5H3;1H4. The number of aryl methyl sites for hydroxylation is 1. The maximum absolute atomic E-state index is 13.7. The van der Waals surface area contributed by atoms with Gasteiger partial charge in [-0.25, -0.2) is 14.6 Å². The van der Waals surface area contributed by atoms with Crippen LogP contribution < -0.4 is 10.3 Å². The Balaban J connectivity index is 0.00000592. The highest BCUT2D eigenvalue weighted by Gasteiger charge is 2.45. The van der Waals surface area contributed by atoms with Crippen LogP contribution in [0.15, 0.2) is 70.0 Å². The first-order valence-corrected chi connectivity index (χ1v) is 22.2. The molecule has 6 aromatic rings. The van der Waals surface area contributed by atoms with E-state index in [4.69, 9.17) is 19.0 Å². The van der Waals surface area contributed by atoms with Crippen LogP contribution >= 0.6 is 0 Å². The maximum atomic E-state index is 13.7. The Morgan fingerprint density at radius 3 is 2.35 bits per heavy atom. The van der Waals surface area contributed by atoms with Gasteiger partial charge in [-0.3, -0.25) is 14.5 Å². The summed E-state index contributed by atoms with van der Waals surface area (Å²) in [5.41, 5.74) is 5.32. The third-order valence-electron chi connectivity index (χ3n) is 13.1. The van der Waals surface area contributed by atoms with Crippen molar-refractivity contribution in [2.45, 2.75) is 98.9 Å². The molecule has 1 amide bonds. The minimum Gasteiger partial charge on any atom is -0.508 e. The molecule has 0 radical (unpaired) electrons. The van der Waals surface area contributed by atoms with E-state index < -0.39 is 17.7 Å². The highest BCUT2D eigenvalue weighted by Crippen LogP contribution is 2.44. The third-order valence-corrected chi connectivity index (χ3v) is 13.1. The number of hydrogen-bond acceptors (Lipinski definition) is 13.